The van der Waals surface area contributed by atoms with Gasteiger partial charge in [-0.05, 0) is 19.4 Å². The summed E-state index contributed by atoms with van der Waals surface area (Å²) in [4.78, 5) is 10.3. The lowest BCUT2D eigenvalue weighted by Gasteiger charge is -2.02. The van der Waals surface area contributed by atoms with Crippen molar-refractivity contribution >= 4 is 6.29 Å². The fourth-order valence-electron chi connectivity index (χ4n) is 1.16. The van der Waals surface area contributed by atoms with Gasteiger partial charge in [-0.15, -0.1) is 0 Å². The fourth-order valence-corrected chi connectivity index (χ4v) is 1.16. The molecule has 0 radical (unpaired) electrons. The van der Waals surface area contributed by atoms with E-state index < -0.39 is 0 Å². The Morgan fingerprint density at radius 1 is 1.44 bits per heavy atom. The summed E-state index contributed by atoms with van der Waals surface area (Å²) in [6.45, 7) is 1.98. The van der Waals surface area contributed by atoms with Gasteiger partial charge in [0.2, 0.25) is 0 Å². The molecule has 0 aliphatic carbocycles. The van der Waals surface area contributed by atoms with E-state index in [1.54, 1.807) is 0 Å². The van der Waals surface area contributed by atoms with E-state index in [4.69, 9.17) is 0 Å². The predicted molar refractivity (Wildman–Crippen MR) is 36.3 cm³/mol. The molecule has 1 N–H and O–H groups in total. The van der Waals surface area contributed by atoms with Crippen molar-refractivity contribution in [3.05, 3.63) is 0 Å². The van der Waals surface area contributed by atoms with Gasteiger partial charge < -0.3 is 10.1 Å². The summed E-state index contributed by atoms with van der Waals surface area (Å²) in [5, 5.41) is 3.22. The van der Waals surface area contributed by atoms with Crippen LogP contribution in [0.25, 0.3) is 0 Å². The molecule has 1 saturated heterocycles. The minimum Gasteiger partial charge on any atom is -0.316 e. The van der Waals surface area contributed by atoms with E-state index in [0.29, 0.717) is 0 Å². The zero-order valence-corrected chi connectivity index (χ0v) is 5.60. The van der Waals surface area contributed by atoms with Crippen LogP contribution in [0.15, 0.2) is 0 Å². The first kappa shape index (κ1) is 6.75. The van der Waals surface area contributed by atoms with Crippen LogP contribution in [-0.2, 0) is 4.79 Å². The van der Waals surface area contributed by atoms with Crippen molar-refractivity contribution in [3.63, 3.8) is 0 Å². The van der Waals surface area contributed by atoms with Gasteiger partial charge in [-0.3, -0.25) is 0 Å². The van der Waals surface area contributed by atoms with E-state index in [2.05, 4.69) is 5.32 Å². The SMILES string of the molecule is O=CC1CCCCNC1. The van der Waals surface area contributed by atoms with Crippen molar-refractivity contribution in [1.82, 2.24) is 5.32 Å². The molecular formula is C7H13NO. The molecule has 0 spiro atoms. The van der Waals surface area contributed by atoms with Crippen LogP contribution in [-0.4, -0.2) is 19.4 Å². The molecule has 0 amide bonds. The first-order chi connectivity index (χ1) is 4.43. The Morgan fingerprint density at radius 2 is 2.33 bits per heavy atom. The lowest BCUT2D eigenvalue weighted by atomic mass is 10.1. The zero-order valence-electron chi connectivity index (χ0n) is 5.60. The summed E-state index contributed by atoms with van der Waals surface area (Å²) in [5.74, 6) is 0.285. The first-order valence-corrected chi connectivity index (χ1v) is 3.59. The minimum atomic E-state index is 0.285. The second-order valence-electron chi connectivity index (χ2n) is 2.60. The maximum absolute atomic E-state index is 10.3. The van der Waals surface area contributed by atoms with Crippen LogP contribution in [0, 0.1) is 5.92 Å². The quantitative estimate of drug-likeness (QED) is 0.522. The maximum atomic E-state index is 10.3. The van der Waals surface area contributed by atoms with E-state index in [-0.39, 0.29) is 5.92 Å². The average molecular weight is 127 g/mol. The molecule has 1 unspecified atom stereocenters. The van der Waals surface area contributed by atoms with Gasteiger partial charge >= 0.3 is 0 Å². The van der Waals surface area contributed by atoms with Crippen LogP contribution in [0.5, 0.6) is 0 Å². The van der Waals surface area contributed by atoms with E-state index in [1.165, 1.54) is 12.8 Å². The molecule has 0 aromatic carbocycles. The van der Waals surface area contributed by atoms with Gasteiger partial charge in [-0.1, -0.05) is 6.42 Å². The summed E-state index contributed by atoms with van der Waals surface area (Å²) in [5.41, 5.74) is 0. The molecule has 0 aromatic heterocycles. The number of aldehydes is 1. The second-order valence-corrected chi connectivity index (χ2v) is 2.60. The molecule has 52 valence electrons. The summed E-state index contributed by atoms with van der Waals surface area (Å²) in [6, 6.07) is 0. The van der Waals surface area contributed by atoms with Crippen LogP contribution < -0.4 is 5.32 Å². The zero-order chi connectivity index (χ0) is 6.53. The van der Waals surface area contributed by atoms with Crippen molar-refractivity contribution in [3.8, 4) is 0 Å². The van der Waals surface area contributed by atoms with Gasteiger partial charge in [0.15, 0.2) is 0 Å². The van der Waals surface area contributed by atoms with Crippen molar-refractivity contribution in [2.45, 2.75) is 19.3 Å². The van der Waals surface area contributed by atoms with Gasteiger partial charge in [0.05, 0.1) is 0 Å². The van der Waals surface area contributed by atoms with E-state index in [9.17, 15) is 4.79 Å². The Balaban J connectivity index is 2.26. The predicted octanol–water partition coefficient (Wildman–Crippen LogP) is 0.575. The standard InChI is InChI=1S/C7H13NO/c9-6-7-3-1-2-4-8-5-7/h6-8H,1-5H2. The number of carbonyl (C=O) groups excluding carboxylic acids is 1. The molecule has 2 nitrogen and oxygen atoms in total. The molecule has 0 bridgehead atoms. The third-order valence-electron chi connectivity index (χ3n) is 1.78. The smallest absolute Gasteiger partial charge is 0.124 e. The lowest BCUT2D eigenvalue weighted by molar-refractivity contribution is -0.111. The minimum absolute atomic E-state index is 0.285. The van der Waals surface area contributed by atoms with Crippen LogP contribution in [0.1, 0.15) is 19.3 Å². The van der Waals surface area contributed by atoms with Crippen LogP contribution >= 0.6 is 0 Å². The first-order valence-electron chi connectivity index (χ1n) is 3.59. The molecular weight excluding hydrogens is 114 g/mol. The topological polar surface area (TPSA) is 29.1 Å². The van der Waals surface area contributed by atoms with Crippen molar-refractivity contribution in [2.24, 2.45) is 5.92 Å². The second kappa shape index (κ2) is 3.62. The molecule has 2 heteroatoms. The maximum Gasteiger partial charge on any atom is 0.124 e. The summed E-state index contributed by atoms with van der Waals surface area (Å²) in [7, 11) is 0. The third-order valence-corrected chi connectivity index (χ3v) is 1.78. The number of nitrogens with one attached hydrogen (secondary N) is 1. The van der Waals surface area contributed by atoms with Crippen LogP contribution in [0.4, 0.5) is 0 Å². The van der Waals surface area contributed by atoms with E-state index in [1.807, 2.05) is 0 Å². The highest BCUT2D eigenvalue weighted by atomic mass is 16.1. The number of hydrogen-bond acceptors (Lipinski definition) is 2. The summed E-state index contributed by atoms with van der Waals surface area (Å²) < 4.78 is 0. The summed E-state index contributed by atoms with van der Waals surface area (Å²) >= 11 is 0. The third kappa shape index (κ3) is 2.14. The molecule has 1 heterocycles. The molecule has 9 heavy (non-hydrogen) atoms. The van der Waals surface area contributed by atoms with Crippen LogP contribution in [0.2, 0.25) is 0 Å². The van der Waals surface area contributed by atoms with Gasteiger partial charge in [-0.2, -0.15) is 0 Å². The largest absolute Gasteiger partial charge is 0.316 e. The Bertz CT molecular complexity index is 84.9. The highest BCUT2D eigenvalue weighted by Crippen LogP contribution is 2.07. The van der Waals surface area contributed by atoms with E-state index in [0.717, 1.165) is 25.8 Å². The molecule has 0 saturated carbocycles. The van der Waals surface area contributed by atoms with Crippen molar-refractivity contribution < 1.29 is 4.79 Å². The molecule has 1 aliphatic rings. The van der Waals surface area contributed by atoms with Crippen LogP contribution in [0.3, 0.4) is 0 Å². The molecule has 1 atom stereocenters. The monoisotopic (exact) mass is 127 g/mol. The number of hydrogen-bond donors (Lipinski definition) is 1. The summed E-state index contributed by atoms with van der Waals surface area (Å²) in [6.07, 6.45) is 4.58. The Kier molecular flexibility index (Phi) is 2.71. The normalized spacial score (nSPS) is 29.1. The molecule has 1 rings (SSSR count). The molecule has 1 aliphatic heterocycles. The lowest BCUT2D eigenvalue weighted by Crippen LogP contribution is -2.21. The van der Waals surface area contributed by atoms with Gasteiger partial charge in [0.25, 0.3) is 0 Å². The number of carbonyl (C=O) groups is 1. The van der Waals surface area contributed by atoms with E-state index >= 15 is 0 Å². The molecule has 0 aromatic rings. The Hall–Kier alpha value is -0.370. The number of rotatable bonds is 1. The Morgan fingerprint density at radius 3 is 3.11 bits per heavy atom. The van der Waals surface area contributed by atoms with Gasteiger partial charge in [0, 0.05) is 12.5 Å². The average Bonchev–Trinajstić information content (AvgIpc) is 2.13. The highest BCUT2D eigenvalue weighted by molar-refractivity contribution is 5.53. The Labute approximate surface area is 55.6 Å². The highest BCUT2D eigenvalue weighted by Gasteiger charge is 2.08. The van der Waals surface area contributed by atoms with Gasteiger partial charge in [0.1, 0.15) is 6.29 Å². The van der Waals surface area contributed by atoms with Crippen molar-refractivity contribution in [2.75, 3.05) is 13.1 Å². The van der Waals surface area contributed by atoms with Gasteiger partial charge in [-0.25, -0.2) is 0 Å². The molecule has 1 fully saturated rings. The fraction of sp³-hybridized carbons (Fsp3) is 0.857. The van der Waals surface area contributed by atoms with Crippen molar-refractivity contribution in [1.29, 1.82) is 0 Å².